The zero-order valence-electron chi connectivity index (χ0n) is 10.8. The summed E-state index contributed by atoms with van der Waals surface area (Å²) in [4.78, 5) is 12.2. The van der Waals surface area contributed by atoms with Crippen LogP contribution in [-0.2, 0) is 4.79 Å². The summed E-state index contributed by atoms with van der Waals surface area (Å²) in [5, 5.41) is 5.94. The van der Waals surface area contributed by atoms with Crippen LogP contribution in [0.2, 0.25) is 0 Å². The van der Waals surface area contributed by atoms with Gasteiger partial charge in [-0.2, -0.15) is 0 Å². The fraction of sp³-hybridized carbons (Fsp3) is 0.500. The molecule has 0 saturated carbocycles. The molecule has 0 bridgehead atoms. The maximum atomic E-state index is 13.6. The first-order valence-electron chi connectivity index (χ1n) is 6.30. The van der Waals surface area contributed by atoms with Crippen molar-refractivity contribution in [3.05, 3.63) is 29.6 Å². The van der Waals surface area contributed by atoms with Crippen LogP contribution in [-0.4, -0.2) is 19.0 Å². The van der Waals surface area contributed by atoms with Gasteiger partial charge < -0.3 is 10.6 Å². The lowest BCUT2D eigenvalue weighted by molar-refractivity contribution is -0.126. The van der Waals surface area contributed by atoms with E-state index in [9.17, 15) is 9.18 Å². The third kappa shape index (κ3) is 2.70. The van der Waals surface area contributed by atoms with E-state index in [0.29, 0.717) is 0 Å². The summed E-state index contributed by atoms with van der Waals surface area (Å²) in [6, 6.07) is 4.74. The van der Waals surface area contributed by atoms with Crippen molar-refractivity contribution in [1.29, 1.82) is 0 Å². The van der Waals surface area contributed by atoms with E-state index in [1.165, 1.54) is 6.07 Å². The lowest BCUT2D eigenvalue weighted by Gasteiger charge is -2.32. The zero-order valence-corrected chi connectivity index (χ0v) is 10.8. The average molecular weight is 250 g/mol. The van der Waals surface area contributed by atoms with E-state index >= 15 is 0 Å². The molecule has 3 nitrogen and oxygen atoms in total. The van der Waals surface area contributed by atoms with Crippen LogP contribution in [0.25, 0.3) is 0 Å². The second-order valence-corrected chi connectivity index (χ2v) is 5.25. The number of aryl methyl sites for hydroxylation is 1. The standard InChI is InChI=1S/C14H19FN2O/c1-10-3-4-11(15)12(9-10)17-13(18)14(2)5-7-16-8-6-14/h3-4,9,16H,5-8H2,1-2H3,(H,17,18). The largest absolute Gasteiger partial charge is 0.323 e. The van der Waals surface area contributed by atoms with E-state index < -0.39 is 5.41 Å². The SMILES string of the molecule is Cc1ccc(F)c(NC(=O)C2(C)CCNCC2)c1. The number of halogens is 1. The van der Waals surface area contributed by atoms with Gasteiger partial charge in [0.05, 0.1) is 5.69 Å². The number of hydrogen-bond acceptors (Lipinski definition) is 2. The summed E-state index contributed by atoms with van der Waals surface area (Å²) >= 11 is 0. The van der Waals surface area contributed by atoms with Crippen molar-refractivity contribution in [3.8, 4) is 0 Å². The van der Waals surface area contributed by atoms with Gasteiger partial charge in [0.25, 0.3) is 0 Å². The maximum absolute atomic E-state index is 13.6. The molecule has 1 saturated heterocycles. The van der Waals surface area contributed by atoms with Gasteiger partial charge >= 0.3 is 0 Å². The van der Waals surface area contributed by atoms with Gasteiger partial charge in [-0.1, -0.05) is 13.0 Å². The molecule has 2 rings (SSSR count). The summed E-state index contributed by atoms with van der Waals surface area (Å²) in [5.74, 6) is -0.472. The molecule has 0 aliphatic carbocycles. The second-order valence-electron chi connectivity index (χ2n) is 5.25. The van der Waals surface area contributed by atoms with Gasteiger partial charge in [-0.05, 0) is 50.6 Å². The number of nitrogens with one attached hydrogen (secondary N) is 2. The molecule has 18 heavy (non-hydrogen) atoms. The Bertz CT molecular complexity index is 453. The number of amides is 1. The molecule has 1 aliphatic rings. The molecule has 1 aliphatic heterocycles. The third-order valence-corrected chi connectivity index (χ3v) is 3.63. The molecule has 0 spiro atoms. The molecule has 1 aromatic rings. The zero-order chi connectivity index (χ0) is 13.2. The van der Waals surface area contributed by atoms with Crippen LogP contribution in [0.15, 0.2) is 18.2 Å². The number of anilines is 1. The minimum Gasteiger partial charge on any atom is -0.323 e. The minimum absolute atomic E-state index is 0.0894. The molecule has 0 unspecified atom stereocenters. The molecule has 1 fully saturated rings. The van der Waals surface area contributed by atoms with Gasteiger partial charge in [-0.15, -0.1) is 0 Å². The predicted octanol–water partition coefficient (Wildman–Crippen LogP) is 2.46. The number of carbonyl (C=O) groups excluding carboxylic acids is 1. The van der Waals surface area contributed by atoms with E-state index in [0.717, 1.165) is 31.5 Å². The number of hydrogen-bond donors (Lipinski definition) is 2. The first-order valence-corrected chi connectivity index (χ1v) is 6.30. The van der Waals surface area contributed by atoms with Crippen LogP contribution in [0.5, 0.6) is 0 Å². The van der Waals surface area contributed by atoms with Crippen molar-refractivity contribution >= 4 is 11.6 Å². The molecule has 98 valence electrons. The second kappa shape index (κ2) is 5.06. The summed E-state index contributed by atoms with van der Waals surface area (Å²) in [7, 11) is 0. The van der Waals surface area contributed by atoms with Crippen molar-refractivity contribution in [2.75, 3.05) is 18.4 Å². The highest BCUT2D eigenvalue weighted by Crippen LogP contribution is 2.30. The van der Waals surface area contributed by atoms with Crippen molar-refractivity contribution in [1.82, 2.24) is 5.32 Å². The highest BCUT2D eigenvalue weighted by molar-refractivity contribution is 5.95. The predicted molar refractivity (Wildman–Crippen MR) is 70.0 cm³/mol. The van der Waals surface area contributed by atoms with Gasteiger partial charge in [0.1, 0.15) is 5.82 Å². The van der Waals surface area contributed by atoms with E-state index in [2.05, 4.69) is 10.6 Å². The van der Waals surface area contributed by atoms with Crippen molar-refractivity contribution < 1.29 is 9.18 Å². The van der Waals surface area contributed by atoms with Crippen LogP contribution in [0, 0.1) is 18.2 Å². The molecule has 0 atom stereocenters. The number of carbonyl (C=O) groups is 1. The van der Waals surface area contributed by atoms with Crippen molar-refractivity contribution in [3.63, 3.8) is 0 Å². The Balaban J connectivity index is 2.13. The Kier molecular flexibility index (Phi) is 3.66. The van der Waals surface area contributed by atoms with Crippen LogP contribution in [0.3, 0.4) is 0 Å². The molecular weight excluding hydrogens is 231 g/mol. The number of benzene rings is 1. The Labute approximate surface area is 107 Å². The Morgan fingerprint density at radius 3 is 2.72 bits per heavy atom. The molecule has 4 heteroatoms. The van der Waals surface area contributed by atoms with Crippen molar-refractivity contribution in [2.24, 2.45) is 5.41 Å². The quantitative estimate of drug-likeness (QED) is 0.846. The molecule has 1 amide bonds. The minimum atomic E-state index is -0.401. The van der Waals surface area contributed by atoms with Crippen LogP contribution in [0.1, 0.15) is 25.3 Å². The number of piperidine rings is 1. The highest BCUT2D eigenvalue weighted by Gasteiger charge is 2.34. The first-order chi connectivity index (χ1) is 8.51. The number of rotatable bonds is 2. The van der Waals surface area contributed by atoms with Gasteiger partial charge in [-0.3, -0.25) is 4.79 Å². The lowest BCUT2D eigenvalue weighted by atomic mass is 9.80. The summed E-state index contributed by atoms with van der Waals surface area (Å²) in [6.07, 6.45) is 1.57. The molecule has 0 aromatic heterocycles. The highest BCUT2D eigenvalue weighted by atomic mass is 19.1. The normalized spacial score (nSPS) is 18.4. The molecule has 1 heterocycles. The molecule has 0 radical (unpaired) electrons. The third-order valence-electron chi connectivity index (χ3n) is 3.63. The first kappa shape index (κ1) is 13.0. The monoisotopic (exact) mass is 250 g/mol. The Morgan fingerprint density at radius 2 is 2.06 bits per heavy atom. The van der Waals surface area contributed by atoms with Crippen LogP contribution < -0.4 is 10.6 Å². The van der Waals surface area contributed by atoms with Gasteiger partial charge in [0.2, 0.25) is 5.91 Å². The molecule has 1 aromatic carbocycles. The smallest absolute Gasteiger partial charge is 0.230 e. The maximum Gasteiger partial charge on any atom is 0.230 e. The summed E-state index contributed by atoms with van der Waals surface area (Å²) in [5.41, 5.74) is 0.809. The van der Waals surface area contributed by atoms with E-state index in [1.54, 1.807) is 12.1 Å². The summed E-state index contributed by atoms with van der Waals surface area (Å²) in [6.45, 7) is 5.48. The van der Waals surface area contributed by atoms with Crippen LogP contribution >= 0.6 is 0 Å². The topological polar surface area (TPSA) is 41.1 Å². The Morgan fingerprint density at radius 1 is 1.39 bits per heavy atom. The fourth-order valence-corrected chi connectivity index (χ4v) is 2.21. The molecular formula is C14H19FN2O. The van der Waals surface area contributed by atoms with Crippen LogP contribution in [0.4, 0.5) is 10.1 Å². The fourth-order valence-electron chi connectivity index (χ4n) is 2.21. The van der Waals surface area contributed by atoms with E-state index in [-0.39, 0.29) is 17.4 Å². The van der Waals surface area contributed by atoms with E-state index in [1.807, 2.05) is 13.8 Å². The van der Waals surface area contributed by atoms with Gasteiger partial charge in [-0.25, -0.2) is 4.39 Å². The summed E-state index contributed by atoms with van der Waals surface area (Å²) < 4.78 is 13.6. The molecule has 2 N–H and O–H groups in total. The van der Waals surface area contributed by atoms with Crippen molar-refractivity contribution in [2.45, 2.75) is 26.7 Å². The van der Waals surface area contributed by atoms with Gasteiger partial charge in [0, 0.05) is 5.41 Å². The lowest BCUT2D eigenvalue weighted by Crippen LogP contribution is -2.42. The Hall–Kier alpha value is -1.42. The average Bonchev–Trinajstić information content (AvgIpc) is 2.35. The van der Waals surface area contributed by atoms with E-state index in [4.69, 9.17) is 0 Å². The van der Waals surface area contributed by atoms with Gasteiger partial charge in [0.15, 0.2) is 0 Å².